The lowest BCUT2D eigenvalue weighted by atomic mass is 10.1. The minimum Gasteiger partial charge on any atom is -0.396 e. The van der Waals surface area contributed by atoms with Crippen molar-refractivity contribution in [2.45, 2.75) is 6.92 Å². The molecule has 0 aliphatic rings. The lowest BCUT2D eigenvalue weighted by Gasteiger charge is -2.04. The van der Waals surface area contributed by atoms with Gasteiger partial charge in [0.25, 0.3) is 0 Å². The first kappa shape index (κ1) is 17.5. The summed E-state index contributed by atoms with van der Waals surface area (Å²) in [4.78, 5) is 15.8. The van der Waals surface area contributed by atoms with Crippen LogP contribution in [0.2, 0.25) is 0 Å². The molecule has 0 radical (unpaired) electrons. The van der Waals surface area contributed by atoms with Crippen molar-refractivity contribution in [1.82, 2.24) is 4.98 Å². The highest BCUT2D eigenvalue weighted by molar-refractivity contribution is 5.98. The molecule has 3 aromatic carbocycles. The number of anilines is 1. The second kappa shape index (κ2) is 7.40. The van der Waals surface area contributed by atoms with Crippen LogP contribution in [0.1, 0.15) is 17.3 Å². The first-order chi connectivity index (χ1) is 13.6. The molecule has 4 rings (SSSR count). The van der Waals surface area contributed by atoms with E-state index in [-0.39, 0.29) is 5.78 Å². The molecule has 0 spiro atoms. The van der Waals surface area contributed by atoms with Gasteiger partial charge < -0.3 is 5.73 Å². The molecule has 0 atom stereocenters. The van der Waals surface area contributed by atoms with E-state index in [9.17, 15) is 4.79 Å². The van der Waals surface area contributed by atoms with E-state index in [2.05, 4.69) is 15.2 Å². The lowest BCUT2D eigenvalue weighted by molar-refractivity contribution is 0.101. The quantitative estimate of drug-likeness (QED) is 0.269. The zero-order valence-corrected chi connectivity index (χ0v) is 15.3. The van der Waals surface area contributed by atoms with Gasteiger partial charge in [-0.1, -0.05) is 54.6 Å². The van der Waals surface area contributed by atoms with Crippen LogP contribution in [-0.4, -0.2) is 10.8 Å². The van der Waals surface area contributed by atoms with Gasteiger partial charge in [0.2, 0.25) is 0 Å². The fourth-order valence-corrected chi connectivity index (χ4v) is 2.97. The SMILES string of the molecule is CC(=O)c1ccc(-c2ccc(N=Nc3ccc4ccccc4c3N)cn2)cc1. The monoisotopic (exact) mass is 366 g/mol. The Hall–Kier alpha value is -3.86. The van der Waals surface area contributed by atoms with Gasteiger partial charge in [-0.25, -0.2) is 0 Å². The molecule has 136 valence electrons. The smallest absolute Gasteiger partial charge is 0.159 e. The molecule has 28 heavy (non-hydrogen) atoms. The number of nitrogens with zero attached hydrogens (tertiary/aromatic N) is 3. The average molecular weight is 366 g/mol. The van der Waals surface area contributed by atoms with E-state index in [1.807, 2.05) is 60.7 Å². The number of rotatable bonds is 4. The highest BCUT2D eigenvalue weighted by Crippen LogP contribution is 2.32. The zero-order chi connectivity index (χ0) is 19.5. The van der Waals surface area contributed by atoms with Gasteiger partial charge in [0.05, 0.1) is 17.6 Å². The number of azo groups is 1. The summed E-state index contributed by atoms with van der Waals surface area (Å²) in [6.07, 6.45) is 1.66. The predicted molar refractivity (Wildman–Crippen MR) is 112 cm³/mol. The third-order valence-corrected chi connectivity index (χ3v) is 4.56. The number of hydrogen-bond acceptors (Lipinski definition) is 5. The molecule has 5 nitrogen and oxygen atoms in total. The molecule has 0 saturated heterocycles. The number of pyridine rings is 1. The number of nitrogens with two attached hydrogens (primary N) is 1. The van der Waals surface area contributed by atoms with Crippen LogP contribution in [0.15, 0.2) is 89.2 Å². The molecule has 0 bridgehead atoms. The number of aromatic nitrogens is 1. The van der Waals surface area contributed by atoms with E-state index in [4.69, 9.17) is 5.73 Å². The number of ketones is 1. The predicted octanol–water partition coefficient (Wildman–Crippen LogP) is 6.10. The minimum atomic E-state index is 0.0447. The number of carbonyl (C=O) groups excluding carboxylic acids is 1. The molecule has 0 unspecified atom stereocenters. The maximum Gasteiger partial charge on any atom is 0.159 e. The van der Waals surface area contributed by atoms with Gasteiger partial charge in [-0.05, 0) is 30.5 Å². The Labute approximate surface area is 162 Å². The van der Waals surface area contributed by atoms with Crippen molar-refractivity contribution in [1.29, 1.82) is 0 Å². The largest absolute Gasteiger partial charge is 0.396 e. The van der Waals surface area contributed by atoms with Crippen molar-refractivity contribution in [3.63, 3.8) is 0 Å². The van der Waals surface area contributed by atoms with E-state index >= 15 is 0 Å². The Bertz CT molecular complexity index is 1180. The number of benzene rings is 3. The molecule has 0 saturated carbocycles. The van der Waals surface area contributed by atoms with E-state index in [0.717, 1.165) is 22.0 Å². The van der Waals surface area contributed by atoms with E-state index in [1.54, 1.807) is 25.3 Å². The Kier molecular flexibility index (Phi) is 4.64. The van der Waals surface area contributed by atoms with Gasteiger partial charge in [0.1, 0.15) is 11.4 Å². The van der Waals surface area contributed by atoms with Crippen LogP contribution < -0.4 is 5.73 Å². The lowest BCUT2D eigenvalue weighted by Crippen LogP contribution is -1.91. The fraction of sp³-hybridized carbons (Fsp3) is 0.0435. The summed E-state index contributed by atoms with van der Waals surface area (Å²) in [7, 11) is 0. The van der Waals surface area contributed by atoms with Crippen LogP contribution in [0.5, 0.6) is 0 Å². The Morgan fingerprint density at radius 1 is 0.893 bits per heavy atom. The van der Waals surface area contributed by atoms with Crippen LogP contribution >= 0.6 is 0 Å². The van der Waals surface area contributed by atoms with Crippen LogP contribution in [0.3, 0.4) is 0 Å². The third-order valence-electron chi connectivity index (χ3n) is 4.56. The summed E-state index contributed by atoms with van der Waals surface area (Å²) in [5.41, 5.74) is 10.5. The van der Waals surface area contributed by atoms with Crippen molar-refractivity contribution in [3.8, 4) is 11.3 Å². The van der Waals surface area contributed by atoms with Gasteiger partial charge in [-0.3, -0.25) is 9.78 Å². The van der Waals surface area contributed by atoms with Gasteiger partial charge in [0.15, 0.2) is 5.78 Å². The molecular formula is C23H18N4O. The van der Waals surface area contributed by atoms with Gasteiger partial charge in [-0.2, -0.15) is 0 Å². The van der Waals surface area contributed by atoms with Crippen molar-refractivity contribution in [3.05, 3.63) is 84.6 Å². The molecule has 1 heterocycles. The molecule has 1 aromatic heterocycles. The van der Waals surface area contributed by atoms with Crippen LogP contribution in [0.4, 0.5) is 17.1 Å². The second-order valence-electron chi connectivity index (χ2n) is 6.45. The number of Topliss-reactive ketones (excluding diaryl/α,β-unsaturated/α-hetero) is 1. The Balaban J connectivity index is 1.56. The van der Waals surface area contributed by atoms with E-state index in [0.29, 0.717) is 22.6 Å². The molecule has 0 amide bonds. The number of fused-ring (bicyclic) bond motifs is 1. The van der Waals surface area contributed by atoms with Crippen LogP contribution in [-0.2, 0) is 0 Å². The molecule has 2 N–H and O–H groups in total. The molecule has 0 fully saturated rings. The Morgan fingerprint density at radius 2 is 1.68 bits per heavy atom. The summed E-state index contributed by atoms with van der Waals surface area (Å²) >= 11 is 0. The molecule has 0 aliphatic carbocycles. The topological polar surface area (TPSA) is 80.7 Å². The molecule has 5 heteroatoms. The maximum atomic E-state index is 11.4. The minimum absolute atomic E-state index is 0.0447. The maximum absolute atomic E-state index is 11.4. The normalized spacial score (nSPS) is 11.2. The first-order valence-corrected chi connectivity index (χ1v) is 8.88. The van der Waals surface area contributed by atoms with Crippen molar-refractivity contribution >= 4 is 33.6 Å². The number of hydrogen-bond donors (Lipinski definition) is 1. The van der Waals surface area contributed by atoms with Crippen molar-refractivity contribution in [2.24, 2.45) is 10.2 Å². The van der Waals surface area contributed by atoms with E-state index < -0.39 is 0 Å². The summed E-state index contributed by atoms with van der Waals surface area (Å²) < 4.78 is 0. The Morgan fingerprint density at radius 3 is 2.39 bits per heavy atom. The van der Waals surface area contributed by atoms with Gasteiger partial charge in [0, 0.05) is 16.5 Å². The summed E-state index contributed by atoms with van der Waals surface area (Å²) in [5, 5.41) is 10.6. The van der Waals surface area contributed by atoms with E-state index in [1.165, 1.54) is 0 Å². The summed E-state index contributed by atoms with van der Waals surface area (Å²) in [6, 6.07) is 22.8. The first-order valence-electron chi connectivity index (χ1n) is 8.88. The zero-order valence-electron chi connectivity index (χ0n) is 15.3. The highest BCUT2D eigenvalue weighted by atomic mass is 16.1. The van der Waals surface area contributed by atoms with Gasteiger partial charge in [-0.15, -0.1) is 10.2 Å². The van der Waals surface area contributed by atoms with Crippen molar-refractivity contribution < 1.29 is 4.79 Å². The summed E-state index contributed by atoms with van der Waals surface area (Å²) in [6.45, 7) is 1.55. The van der Waals surface area contributed by atoms with Crippen molar-refractivity contribution in [2.75, 3.05) is 5.73 Å². The molecule has 0 aliphatic heterocycles. The second-order valence-corrected chi connectivity index (χ2v) is 6.45. The van der Waals surface area contributed by atoms with Crippen LogP contribution in [0.25, 0.3) is 22.0 Å². The third kappa shape index (κ3) is 3.50. The van der Waals surface area contributed by atoms with Crippen LogP contribution in [0, 0.1) is 0 Å². The standard InChI is InChI=1S/C23H18N4O/c1-15(28)16-6-8-18(9-7-16)21-13-11-19(14-25-21)26-27-22-12-10-17-4-2-3-5-20(17)23(22)24/h2-14H,24H2,1H3. The van der Waals surface area contributed by atoms with Gasteiger partial charge >= 0.3 is 0 Å². The average Bonchev–Trinajstić information content (AvgIpc) is 2.74. The summed E-state index contributed by atoms with van der Waals surface area (Å²) in [5.74, 6) is 0.0447. The molecular weight excluding hydrogens is 348 g/mol. The number of nitrogen functional groups attached to an aromatic ring is 1. The number of carbonyl (C=O) groups is 1. The molecule has 4 aromatic rings. The highest BCUT2D eigenvalue weighted by Gasteiger charge is 2.04. The fourth-order valence-electron chi connectivity index (χ4n) is 2.97.